The van der Waals surface area contributed by atoms with Gasteiger partial charge in [0.2, 0.25) is 0 Å². The smallest absolute Gasteiger partial charge is 0.122 e. The number of allylic oxidation sites excluding steroid dienone is 1. The van der Waals surface area contributed by atoms with Crippen molar-refractivity contribution < 1.29 is 0 Å². The van der Waals surface area contributed by atoms with Crippen LogP contribution < -0.4 is 4.90 Å². The number of nitrogens with zero attached hydrogens (tertiary/aromatic N) is 2. The average molecular weight is 276 g/mol. The van der Waals surface area contributed by atoms with Crippen LogP contribution in [0.25, 0.3) is 0 Å². The SMILES string of the molecule is Cc1ccc(C2=NC(C)N(c3ccc(C)cc3)C=C2)cc1. The van der Waals surface area contributed by atoms with Gasteiger partial charge >= 0.3 is 0 Å². The highest BCUT2D eigenvalue weighted by Gasteiger charge is 2.16. The maximum atomic E-state index is 4.82. The van der Waals surface area contributed by atoms with Gasteiger partial charge in [0.05, 0.1) is 5.71 Å². The highest BCUT2D eigenvalue weighted by atomic mass is 15.2. The Balaban J connectivity index is 1.84. The molecule has 0 amide bonds. The van der Waals surface area contributed by atoms with Crippen LogP contribution in [0, 0.1) is 13.8 Å². The van der Waals surface area contributed by atoms with Crippen LogP contribution in [0.5, 0.6) is 0 Å². The third kappa shape index (κ3) is 2.89. The molecule has 2 nitrogen and oxygen atoms in total. The van der Waals surface area contributed by atoms with Gasteiger partial charge in [0.15, 0.2) is 0 Å². The lowest BCUT2D eigenvalue weighted by atomic mass is 10.1. The van der Waals surface area contributed by atoms with Gasteiger partial charge in [-0.15, -0.1) is 0 Å². The van der Waals surface area contributed by atoms with E-state index in [1.165, 1.54) is 22.4 Å². The zero-order valence-corrected chi connectivity index (χ0v) is 12.7. The molecule has 1 aliphatic rings. The van der Waals surface area contributed by atoms with Crippen molar-refractivity contribution in [3.63, 3.8) is 0 Å². The Morgan fingerprint density at radius 2 is 1.43 bits per heavy atom. The van der Waals surface area contributed by atoms with E-state index in [2.05, 4.69) is 86.5 Å². The molecule has 0 aromatic heterocycles. The van der Waals surface area contributed by atoms with Gasteiger partial charge in [0.1, 0.15) is 6.17 Å². The van der Waals surface area contributed by atoms with Gasteiger partial charge in [-0.05, 0) is 44.5 Å². The molecule has 0 fully saturated rings. The molecule has 106 valence electrons. The van der Waals surface area contributed by atoms with Crippen molar-refractivity contribution >= 4 is 11.4 Å². The van der Waals surface area contributed by atoms with Crippen LogP contribution in [0.15, 0.2) is 65.8 Å². The van der Waals surface area contributed by atoms with E-state index in [4.69, 9.17) is 4.99 Å². The zero-order chi connectivity index (χ0) is 14.8. The summed E-state index contributed by atoms with van der Waals surface area (Å²) in [6.45, 7) is 6.33. The monoisotopic (exact) mass is 276 g/mol. The summed E-state index contributed by atoms with van der Waals surface area (Å²) in [5, 5.41) is 0. The van der Waals surface area contributed by atoms with Crippen molar-refractivity contribution in [1.29, 1.82) is 0 Å². The first kappa shape index (κ1) is 13.6. The summed E-state index contributed by atoms with van der Waals surface area (Å²) >= 11 is 0. The maximum absolute atomic E-state index is 4.82. The second-order valence-electron chi connectivity index (χ2n) is 5.57. The van der Waals surface area contributed by atoms with E-state index in [1.54, 1.807) is 0 Å². The molecule has 2 aromatic carbocycles. The summed E-state index contributed by atoms with van der Waals surface area (Å²) < 4.78 is 0. The summed E-state index contributed by atoms with van der Waals surface area (Å²) in [7, 11) is 0. The van der Waals surface area contributed by atoms with E-state index >= 15 is 0 Å². The average Bonchev–Trinajstić information content (AvgIpc) is 2.49. The first-order chi connectivity index (χ1) is 10.1. The van der Waals surface area contributed by atoms with Gasteiger partial charge in [0.25, 0.3) is 0 Å². The van der Waals surface area contributed by atoms with Gasteiger partial charge in [-0.2, -0.15) is 0 Å². The summed E-state index contributed by atoms with van der Waals surface area (Å²) in [6, 6.07) is 17.1. The number of anilines is 1. The van der Waals surface area contributed by atoms with Gasteiger partial charge in [-0.1, -0.05) is 47.5 Å². The Bertz CT molecular complexity index is 679. The Labute approximate surface area is 126 Å². The van der Waals surface area contributed by atoms with E-state index in [1.807, 2.05) is 0 Å². The van der Waals surface area contributed by atoms with Crippen LogP contribution in [0.4, 0.5) is 5.69 Å². The molecular weight excluding hydrogens is 256 g/mol. The molecule has 21 heavy (non-hydrogen) atoms. The zero-order valence-electron chi connectivity index (χ0n) is 12.7. The second-order valence-corrected chi connectivity index (χ2v) is 5.57. The van der Waals surface area contributed by atoms with Crippen molar-refractivity contribution in [3.8, 4) is 0 Å². The molecule has 0 N–H and O–H groups in total. The first-order valence-corrected chi connectivity index (χ1v) is 7.31. The first-order valence-electron chi connectivity index (χ1n) is 7.31. The molecule has 3 rings (SSSR count). The van der Waals surface area contributed by atoms with Gasteiger partial charge in [0, 0.05) is 11.9 Å². The van der Waals surface area contributed by atoms with Crippen LogP contribution in [-0.2, 0) is 0 Å². The molecule has 1 heterocycles. The minimum atomic E-state index is 0.106. The summed E-state index contributed by atoms with van der Waals surface area (Å²) in [5.41, 5.74) is 5.94. The lowest BCUT2D eigenvalue weighted by Crippen LogP contribution is -2.30. The van der Waals surface area contributed by atoms with E-state index in [0.29, 0.717) is 0 Å². The number of benzene rings is 2. The summed E-state index contributed by atoms with van der Waals surface area (Å²) in [6.07, 6.45) is 4.32. The highest BCUT2D eigenvalue weighted by Crippen LogP contribution is 2.22. The predicted octanol–water partition coefficient (Wildman–Crippen LogP) is 4.47. The largest absolute Gasteiger partial charge is 0.326 e. The third-order valence-corrected chi connectivity index (χ3v) is 3.80. The van der Waals surface area contributed by atoms with Crippen LogP contribution >= 0.6 is 0 Å². The Morgan fingerprint density at radius 1 is 0.857 bits per heavy atom. The van der Waals surface area contributed by atoms with Crippen molar-refractivity contribution in [2.24, 2.45) is 4.99 Å². The minimum absolute atomic E-state index is 0.106. The Morgan fingerprint density at radius 3 is 2.00 bits per heavy atom. The molecule has 2 aromatic rings. The normalized spacial score (nSPS) is 17.8. The predicted molar refractivity (Wildman–Crippen MR) is 90.0 cm³/mol. The lowest BCUT2D eigenvalue weighted by molar-refractivity contribution is 0.741. The fourth-order valence-corrected chi connectivity index (χ4v) is 2.50. The van der Waals surface area contributed by atoms with Gasteiger partial charge in [-0.25, -0.2) is 0 Å². The van der Waals surface area contributed by atoms with Crippen LogP contribution in [-0.4, -0.2) is 11.9 Å². The van der Waals surface area contributed by atoms with Crippen molar-refractivity contribution in [2.45, 2.75) is 26.9 Å². The standard InChI is InChI=1S/C19H20N2/c1-14-4-8-17(9-5-14)19-12-13-21(16(3)20-19)18-10-6-15(2)7-11-18/h4-13,16H,1-3H3. The van der Waals surface area contributed by atoms with Gasteiger partial charge in [-0.3, -0.25) is 4.99 Å². The number of aryl methyl sites for hydroxylation is 2. The quantitative estimate of drug-likeness (QED) is 0.790. The van der Waals surface area contributed by atoms with Crippen molar-refractivity contribution in [3.05, 3.63) is 77.5 Å². The topological polar surface area (TPSA) is 15.6 Å². The second kappa shape index (κ2) is 5.57. The molecule has 2 heteroatoms. The minimum Gasteiger partial charge on any atom is -0.326 e. The maximum Gasteiger partial charge on any atom is 0.122 e. The fourth-order valence-electron chi connectivity index (χ4n) is 2.50. The molecule has 0 spiro atoms. The fraction of sp³-hybridized carbons (Fsp3) is 0.211. The number of hydrogen-bond donors (Lipinski definition) is 0. The Hall–Kier alpha value is -2.35. The van der Waals surface area contributed by atoms with E-state index in [9.17, 15) is 0 Å². The lowest BCUT2D eigenvalue weighted by Gasteiger charge is -2.28. The molecule has 0 saturated carbocycles. The number of aliphatic imine (C=N–C) groups is 1. The molecule has 1 atom stereocenters. The number of rotatable bonds is 2. The van der Waals surface area contributed by atoms with Crippen LogP contribution in [0.2, 0.25) is 0 Å². The van der Waals surface area contributed by atoms with Crippen LogP contribution in [0.1, 0.15) is 23.6 Å². The van der Waals surface area contributed by atoms with Gasteiger partial charge < -0.3 is 4.90 Å². The number of hydrogen-bond acceptors (Lipinski definition) is 2. The van der Waals surface area contributed by atoms with Crippen molar-refractivity contribution in [2.75, 3.05) is 4.90 Å². The van der Waals surface area contributed by atoms with E-state index in [-0.39, 0.29) is 6.17 Å². The third-order valence-electron chi connectivity index (χ3n) is 3.80. The molecule has 0 aliphatic carbocycles. The van der Waals surface area contributed by atoms with E-state index in [0.717, 1.165) is 5.71 Å². The molecule has 1 unspecified atom stereocenters. The summed E-state index contributed by atoms with van der Waals surface area (Å²) in [5.74, 6) is 0. The molecule has 1 aliphatic heterocycles. The van der Waals surface area contributed by atoms with Crippen molar-refractivity contribution in [1.82, 2.24) is 0 Å². The Kier molecular flexibility index (Phi) is 3.61. The summed E-state index contributed by atoms with van der Waals surface area (Å²) in [4.78, 5) is 7.01. The molecule has 0 saturated heterocycles. The molecular formula is C19H20N2. The molecule has 0 bridgehead atoms. The highest BCUT2D eigenvalue weighted by molar-refractivity contribution is 6.09. The van der Waals surface area contributed by atoms with Crippen LogP contribution in [0.3, 0.4) is 0 Å². The molecule has 0 radical (unpaired) electrons. The van der Waals surface area contributed by atoms with E-state index < -0.39 is 0 Å².